The molecule has 8 nitrogen and oxygen atoms in total. The van der Waals surface area contributed by atoms with Gasteiger partial charge >= 0.3 is 6.09 Å². The van der Waals surface area contributed by atoms with Crippen molar-refractivity contribution >= 4 is 23.0 Å². The highest BCUT2D eigenvalue weighted by molar-refractivity contribution is 5.86. The van der Waals surface area contributed by atoms with Gasteiger partial charge in [-0.25, -0.2) is 15.3 Å². The molecule has 0 aliphatic heterocycles. The Balaban J connectivity index is 1.40. The highest BCUT2D eigenvalue weighted by Crippen LogP contribution is 2.39. The molecule has 0 aliphatic carbocycles. The van der Waals surface area contributed by atoms with Crippen LogP contribution in [0.1, 0.15) is 48.8 Å². The number of aryl methyl sites for hydroxylation is 1. The summed E-state index contributed by atoms with van der Waals surface area (Å²) in [4.78, 5) is 39.1. The molecule has 1 atom stereocenters. The average Bonchev–Trinajstić information content (AvgIpc) is 3.47. The standard InChI is InChI=1S/C41H40N4O4/c1-29-24-26-33(27-25-29)45-36-23-15-14-22-34(36)42-37(45)28-35(43-39(47)48-40(2,3)4)38(46)44-49-41(30-16-8-5-9-17-30,31-18-10-6-11-19-31)32-20-12-7-13-21-32/h5-27,35H,28H2,1-4H3,(H,43,47)(H,44,46)/t35-/m0/s1. The fourth-order valence-corrected chi connectivity index (χ4v) is 5.93. The molecule has 2 amide bonds. The van der Waals surface area contributed by atoms with Crippen molar-refractivity contribution in [3.8, 4) is 5.69 Å². The zero-order chi connectivity index (χ0) is 34.4. The van der Waals surface area contributed by atoms with Crippen LogP contribution in [0, 0.1) is 6.92 Å². The average molecular weight is 653 g/mol. The summed E-state index contributed by atoms with van der Waals surface area (Å²) in [6.07, 6.45) is -0.683. The maximum atomic E-state index is 14.4. The first-order chi connectivity index (χ1) is 23.6. The molecule has 0 radical (unpaired) electrons. The number of benzene rings is 5. The maximum absolute atomic E-state index is 14.4. The van der Waals surface area contributed by atoms with E-state index in [1.54, 1.807) is 20.8 Å². The fraction of sp³-hybridized carbons (Fsp3) is 0.195. The van der Waals surface area contributed by atoms with Crippen molar-refractivity contribution in [3.05, 3.63) is 168 Å². The van der Waals surface area contributed by atoms with E-state index in [1.165, 1.54) is 0 Å². The predicted octanol–water partition coefficient (Wildman–Crippen LogP) is 7.81. The lowest BCUT2D eigenvalue weighted by atomic mass is 9.80. The molecule has 0 unspecified atom stereocenters. The van der Waals surface area contributed by atoms with Crippen LogP contribution in [-0.4, -0.2) is 33.2 Å². The molecule has 5 aromatic carbocycles. The van der Waals surface area contributed by atoms with Crippen molar-refractivity contribution < 1.29 is 19.2 Å². The topological polar surface area (TPSA) is 94.5 Å². The van der Waals surface area contributed by atoms with Gasteiger partial charge in [-0.15, -0.1) is 0 Å². The monoisotopic (exact) mass is 652 g/mol. The smallest absolute Gasteiger partial charge is 0.408 e. The van der Waals surface area contributed by atoms with Crippen molar-refractivity contribution in [1.29, 1.82) is 0 Å². The number of amides is 2. The minimum absolute atomic E-state index is 0.0476. The van der Waals surface area contributed by atoms with Crippen LogP contribution in [0.15, 0.2) is 140 Å². The van der Waals surface area contributed by atoms with Gasteiger partial charge in [-0.05, 0) is 68.7 Å². The summed E-state index contributed by atoms with van der Waals surface area (Å²) < 4.78 is 7.61. The number of para-hydroxylation sites is 2. The second-order valence-electron chi connectivity index (χ2n) is 12.9. The van der Waals surface area contributed by atoms with Gasteiger partial charge < -0.3 is 10.1 Å². The largest absolute Gasteiger partial charge is 0.444 e. The summed E-state index contributed by atoms with van der Waals surface area (Å²) in [5, 5.41) is 2.80. The van der Waals surface area contributed by atoms with Gasteiger partial charge in [-0.2, -0.15) is 0 Å². The highest BCUT2D eigenvalue weighted by Gasteiger charge is 2.40. The van der Waals surface area contributed by atoms with Crippen LogP contribution in [0.5, 0.6) is 0 Å². The quantitative estimate of drug-likeness (QED) is 0.116. The lowest BCUT2D eigenvalue weighted by Crippen LogP contribution is -2.51. The summed E-state index contributed by atoms with van der Waals surface area (Å²) in [5.41, 5.74) is 6.85. The molecule has 49 heavy (non-hydrogen) atoms. The third-order valence-corrected chi connectivity index (χ3v) is 8.16. The first kappa shape index (κ1) is 33.2. The SMILES string of the molecule is Cc1ccc(-n2c(C[C@H](NC(=O)OC(C)(C)C)C(=O)NOC(c3ccccc3)(c3ccccc3)c3ccccc3)nc3ccccc32)cc1. The van der Waals surface area contributed by atoms with E-state index in [-0.39, 0.29) is 6.42 Å². The number of carbonyl (C=O) groups excluding carboxylic acids is 2. The number of hydrogen-bond acceptors (Lipinski definition) is 5. The van der Waals surface area contributed by atoms with Crippen molar-refractivity contribution in [2.75, 3.05) is 0 Å². The van der Waals surface area contributed by atoms with Gasteiger partial charge in [-0.3, -0.25) is 14.2 Å². The van der Waals surface area contributed by atoms with E-state index >= 15 is 0 Å². The van der Waals surface area contributed by atoms with Gasteiger partial charge in [0.1, 0.15) is 17.5 Å². The molecule has 0 bridgehead atoms. The minimum Gasteiger partial charge on any atom is -0.444 e. The number of hydrogen-bond donors (Lipinski definition) is 2. The molecule has 8 heteroatoms. The molecule has 6 rings (SSSR count). The number of imidazole rings is 1. The summed E-state index contributed by atoms with van der Waals surface area (Å²) in [6, 6.07) is 44.0. The van der Waals surface area contributed by atoms with Crippen LogP contribution >= 0.6 is 0 Å². The van der Waals surface area contributed by atoms with E-state index in [4.69, 9.17) is 14.6 Å². The van der Waals surface area contributed by atoms with Crippen LogP contribution in [0.25, 0.3) is 16.7 Å². The number of hydroxylamine groups is 1. The summed E-state index contributed by atoms with van der Waals surface area (Å²) in [6.45, 7) is 7.35. The number of nitrogens with one attached hydrogen (secondary N) is 2. The van der Waals surface area contributed by atoms with Crippen LogP contribution in [0.3, 0.4) is 0 Å². The normalized spacial score (nSPS) is 12.3. The van der Waals surface area contributed by atoms with E-state index in [2.05, 4.69) is 10.8 Å². The van der Waals surface area contributed by atoms with Gasteiger partial charge in [-0.1, -0.05) is 121 Å². The predicted molar refractivity (Wildman–Crippen MR) is 191 cm³/mol. The zero-order valence-corrected chi connectivity index (χ0v) is 28.1. The first-order valence-electron chi connectivity index (χ1n) is 16.3. The molecule has 0 aliphatic rings. The molecule has 2 N–H and O–H groups in total. The third kappa shape index (κ3) is 7.40. The van der Waals surface area contributed by atoms with E-state index in [0.717, 1.165) is 39.0 Å². The van der Waals surface area contributed by atoms with Gasteiger partial charge in [0.15, 0.2) is 5.60 Å². The summed E-state index contributed by atoms with van der Waals surface area (Å²) >= 11 is 0. The lowest BCUT2D eigenvalue weighted by Gasteiger charge is -2.35. The number of fused-ring (bicyclic) bond motifs is 1. The van der Waals surface area contributed by atoms with Gasteiger partial charge in [0.05, 0.1) is 11.0 Å². The van der Waals surface area contributed by atoms with Crippen LogP contribution in [-0.2, 0) is 26.4 Å². The second-order valence-corrected chi connectivity index (χ2v) is 12.9. The molecular formula is C41H40N4O4. The van der Waals surface area contributed by atoms with Crippen molar-refractivity contribution in [2.24, 2.45) is 0 Å². The van der Waals surface area contributed by atoms with E-state index in [0.29, 0.717) is 5.82 Å². The van der Waals surface area contributed by atoms with E-state index < -0.39 is 29.2 Å². The Hall–Kier alpha value is -5.73. The number of ether oxygens (including phenoxy) is 1. The Morgan fingerprint density at radius 2 is 1.22 bits per heavy atom. The summed E-state index contributed by atoms with van der Waals surface area (Å²) in [5.74, 6) is 0.0160. The number of carbonyl (C=O) groups is 2. The Morgan fingerprint density at radius 1 is 0.714 bits per heavy atom. The van der Waals surface area contributed by atoms with Gasteiger partial charge in [0.2, 0.25) is 0 Å². The van der Waals surface area contributed by atoms with Crippen LogP contribution < -0.4 is 10.8 Å². The second kappa shape index (κ2) is 14.2. The molecule has 0 saturated heterocycles. The minimum atomic E-state index is -1.22. The van der Waals surface area contributed by atoms with E-state index in [1.807, 2.05) is 151 Å². The number of aromatic nitrogens is 2. The van der Waals surface area contributed by atoms with E-state index in [9.17, 15) is 9.59 Å². The zero-order valence-electron chi connectivity index (χ0n) is 28.1. The highest BCUT2D eigenvalue weighted by atomic mass is 16.7. The van der Waals surface area contributed by atoms with Crippen LogP contribution in [0.4, 0.5) is 4.79 Å². The molecule has 6 aromatic rings. The molecule has 0 fully saturated rings. The Bertz CT molecular complexity index is 1920. The third-order valence-electron chi connectivity index (χ3n) is 8.16. The van der Waals surface area contributed by atoms with Crippen molar-refractivity contribution in [3.63, 3.8) is 0 Å². The Labute approximate surface area is 286 Å². The summed E-state index contributed by atoms with van der Waals surface area (Å²) in [7, 11) is 0. The van der Waals surface area contributed by atoms with Crippen LogP contribution in [0.2, 0.25) is 0 Å². The molecule has 0 spiro atoms. The van der Waals surface area contributed by atoms with Crippen molar-refractivity contribution in [2.45, 2.75) is 51.4 Å². The Kier molecular flexibility index (Phi) is 9.60. The maximum Gasteiger partial charge on any atom is 0.408 e. The Morgan fingerprint density at radius 3 is 1.76 bits per heavy atom. The fourth-order valence-electron chi connectivity index (χ4n) is 5.93. The van der Waals surface area contributed by atoms with Gasteiger partial charge in [0, 0.05) is 12.1 Å². The van der Waals surface area contributed by atoms with Crippen molar-refractivity contribution in [1.82, 2.24) is 20.3 Å². The number of alkyl carbamates (subject to hydrolysis) is 1. The first-order valence-corrected chi connectivity index (χ1v) is 16.3. The van der Waals surface area contributed by atoms with Gasteiger partial charge in [0.25, 0.3) is 5.91 Å². The molecule has 1 heterocycles. The number of rotatable bonds is 10. The lowest BCUT2D eigenvalue weighted by molar-refractivity contribution is -0.145. The molecule has 1 aromatic heterocycles. The molecule has 0 saturated carbocycles. The molecule has 248 valence electrons. The molecular weight excluding hydrogens is 612 g/mol. The number of nitrogens with zero attached hydrogens (tertiary/aromatic N) is 2.